The fraction of sp³-hybridized carbons (Fsp3) is 0.538. The summed E-state index contributed by atoms with van der Waals surface area (Å²) in [5, 5.41) is 1.11. The first-order valence-corrected chi connectivity index (χ1v) is 6.56. The Morgan fingerprint density at radius 3 is 2.71 bits per heavy atom. The highest BCUT2D eigenvalue weighted by Crippen LogP contribution is 2.40. The molecule has 14 heavy (non-hydrogen) atoms. The Morgan fingerprint density at radius 2 is 2.21 bits per heavy atom. The Bertz CT molecular complexity index is 302. The lowest BCUT2D eigenvalue weighted by atomic mass is 9.74. The van der Waals surface area contributed by atoms with Gasteiger partial charge in [-0.05, 0) is 37.2 Å². The van der Waals surface area contributed by atoms with E-state index in [1.807, 2.05) is 0 Å². The summed E-state index contributed by atoms with van der Waals surface area (Å²) in [4.78, 5) is 0. The highest BCUT2D eigenvalue weighted by molar-refractivity contribution is 9.09. The Balaban J connectivity index is 2.17. The molecule has 1 fully saturated rings. The molecule has 0 spiro atoms. The Morgan fingerprint density at radius 1 is 1.43 bits per heavy atom. The van der Waals surface area contributed by atoms with Gasteiger partial charge in [0, 0.05) is 5.33 Å². The maximum atomic E-state index is 3.65. The van der Waals surface area contributed by atoms with Gasteiger partial charge in [0.05, 0.1) is 0 Å². The standard InChI is InChI=1S/C13H17Br/c1-10-4-2-7-12(8-10)13(9-14)11-5-3-6-11/h2,4,7-8,11,13H,3,5-6,9H2,1H3. The van der Waals surface area contributed by atoms with Gasteiger partial charge in [0.15, 0.2) is 0 Å². The number of rotatable bonds is 3. The van der Waals surface area contributed by atoms with Crippen LogP contribution in [0.5, 0.6) is 0 Å². The number of benzene rings is 1. The molecule has 1 aliphatic rings. The van der Waals surface area contributed by atoms with E-state index in [1.54, 1.807) is 0 Å². The van der Waals surface area contributed by atoms with Crippen LogP contribution < -0.4 is 0 Å². The lowest BCUT2D eigenvalue weighted by Crippen LogP contribution is -2.21. The maximum absolute atomic E-state index is 3.65. The molecule has 0 nitrogen and oxygen atoms in total. The summed E-state index contributed by atoms with van der Waals surface area (Å²) >= 11 is 3.65. The molecule has 2 rings (SSSR count). The zero-order valence-electron chi connectivity index (χ0n) is 8.67. The average molecular weight is 253 g/mol. The predicted molar refractivity (Wildman–Crippen MR) is 65.1 cm³/mol. The third kappa shape index (κ3) is 2.03. The van der Waals surface area contributed by atoms with Crippen LogP contribution in [0.1, 0.15) is 36.3 Å². The van der Waals surface area contributed by atoms with Crippen LogP contribution >= 0.6 is 15.9 Å². The second-order valence-electron chi connectivity index (χ2n) is 4.37. The summed E-state index contributed by atoms with van der Waals surface area (Å²) in [5.41, 5.74) is 2.90. The van der Waals surface area contributed by atoms with Crippen molar-refractivity contribution >= 4 is 15.9 Å². The van der Waals surface area contributed by atoms with Crippen LogP contribution in [-0.2, 0) is 0 Å². The van der Waals surface area contributed by atoms with Crippen molar-refractivity contribution in [2.45, 2.75) is 32.1 Å². The van der Waals surface area contributed by atoms with Crippen LogP contribution in [0.2, 0.25) is 0 Å². The van der Waals surface area contributed by atoms with Crippen molar-refractivity contribution in [3.8, 4) is 0 Å². The molecule has 1 heteroatoms. The number of aryl methyl sites for hydroxylation is 1. The molecule has 0 saturated heterocycles. The molecule has 1 aromatic carbocycles. The van der Waals surface area contributed by atoms with Crippen LogP contribution in [0.25, 0.3) is 0 Å². The van der Waals surface area contributed by atoms with Crippen molar-refractivity contribution in [3.05, 3.63) is 35.4 Å². The van der Waals surface area contributed by atoms with E-state index < -0.39 is 0 Å². The minimum atomic E-state index is 0.739. The van der Waals surface area contributed by atoms with Crippen LogP contribution in [0.4, 0.5) is 0 Å². The Labute approximate surface area is 94.8 Å². The number of halogens is 1. The molecule has 0 aromatic heterocycles. The summed E-state index contributed by atoms with van der Waals surface area (Å²) < 4.78 is 0. The summed E-state index contributed by atoms with van der Waals surface area (Å²) in [6.45, 7) is 2.18. The topological polar surface area (TPSA) is 0 Å². The van der Waals surface area contributed by atoms with Gasteiger partial charge >= 0.3 is 0 Å². The molecule has 0 amide bonds. The average Bonchev–Trinajstić information content (AvgIpc) is 2.10. The molecule has 1 aromatic rings. The first-order chi connectivity index (χ1) is 6.81. The van der Waals surface area contributed by atoms with E-state index in [9.17, 15) is 0 Å². The molecule has 0 bridgehead atoms. The van der Waals surface area contributed by atoms with Crippen molar-refractivity contribution in [2.75, 3.05) is 5.33 Å². The highest BCUT2D eigenvalue weighted by Gasteiger charge is 2.27. The van der Waals surface area contributed by atoms with E-state index in [4.69, 9.17) is 0 Å². The molecule has 1 unspecified atom stereocenters. The molecule has 76 valence electrons. The minimum absolute atomic E-state index is 0.739. The van der Waals surface area contributed by atoms with Crippen LogP contribution in [0.15, 0.2) is 24.3 Å². The number of hydrogen-bond donors (Lipinski definition) is 0. The van der Waals surface area contributed by atoms with Gasteiger partial charge < -0.3 is 0 Å². The molecule has 0 N–H and O–H groups in total. The smallest absolute Gasteiger partial charge is 0.0103 e. The van der Waals surface area contributed by atoms with Gasteiger partial charge in [0.2, 0.25) is 0 Å². The summed E-state index contributed by atoms with van der Waals surface area (Å²) in [5.74, 6) is 1.67. The fourth-order valence-corrected chi connectivity index (χ4v) is 3.13. The van der Waals surface area contributed by atoms with Gasteiger partial charge in [-0.2, -0.15) is 0 Å². The Hall–Kier alpha value is -0.300. The number of alkyl halides is 1. The van der Waals surface area contributed by atoms with Gasteiger partial charge in [-0.15, -0.1) is 0 Å². The molecule has 0 heterocycles. The monoisotopic (exact) mass is 252 g/mol. The third-order valence-corrected chi connectivity index (χ3v) is 4.05. The van der Waals surface area contributed by atoms with Crippen LogP contribution in [0.3, 0.4) is 0 Å². The van der Waals surface area contributed by atoms with Gasteiger partial charge in [-0.25, -0.2) is 0 Å². The van der Waals surface area contributed by atoms with Gasteiger partial charge in [-0.3, -0.25) is 0 Å². The van der Waals surface area contributed by atoms with Crippen molar-refractivity contribution in [1.82, 2.24) is 0 Å². The van der Waals surface area contributed by atoms with Crippen LogP contribution in [-0.4, -0.2) is 5.33 Å². The van der Waals surface area contributed by atoms with Gasteiger partial charge in [-0.1, -0.05) is 52.2 Å². The van der Waals surface area contributed by atoms with Gasteiger partial charge in [0.1, 0.15) is 0 Å². The SMILES string of the molecule is Cc1cccc(C(CBr)C2CCC2)c1. The second kappa shape index (κ2) is 4.48. The number of hydrogen-bond acceptors (Lipinski definition) is 0. The lowest BCUT2D eigenvalue weighted by molar-refractivity contribution is 0.275. The molecule has 1 atom stereocenters. The fourth-order valence-electron chi connectivity index (χ4n) is 2.23. The summed E-state index contributed by atoms with van der Waals surface area (Å²) in [6.07, 6.45) is 4.27. The Kier molecular flexibility index (Phi) is 3.27. The first kappa shape index (κ1) is 10.2. The van der Waals surface area contributed by atoms with Crippen molar-refractivity contribution in [1.29, 1.82) is 0 Å². The highest BCUT2D eigenvalue weighted by atomic mass is 79.9. The molecule has 1 aliphatic carbocycles. The van der Waals surface area contributed by atoms with E-state index >= 15 is 0 Å². The van der Waals surface area contributed by atoms with E-state index in [-0.39, 0.29) is 0 Å². The third-order valence-electron chi connectivity index (χ3n) is 3.36. The summed E-state index contributed by atoms with van der Waals surface area (Å²) in [6, 6.07) is 8.97. The van der Waals surface area contributed by atoms with Crippen molar-refractivity contribution < 1.29 is 0 Å². The molecule has 0 aliphatic heterocycles. The first-order valence-electron chi connectivity index (χ1n) is 5.44. The maximum Gasteiger partial charge on any atom is 0.0103 e. The predicted octanol–water partition coefficient (Wildman–Crippen LogP) is 4.27. The quantitative estimate of drug-likeness (QED) is 0.705. The molecular formula is C13H17Br. The van der Waals surface area contributed by atoms with E-state index in [2.05, 4.69) is 47.1 Å². The van der Waals surface area contributed by atoms with Gasteiger partial charge in [0.25, 0.3) is 0 Å². The zero-order chi connectivity index (χ0) is 9.97. The van der Waals surface area contributed by atoms with Crippen molar-refractivity contribution in [3.63, 3.8) is 0 Å². The normalized spacial score (nSPS) is 19.0. The zero-order valence-corrected chi connectivity index (χ0v) is 10.3. The van der Waals surface area contributed by atoms with Crippen molar-refractivity contribution in [2.24, 2.45) is 5.92 Å². The minimum Gasteiger partial charge on any atom is -0.0921 e. The molecular weight excluding hydrogens is 236 g/mol. The summed E-state index contributed by atoms with van der Waals surface area (Å²) in [7, 11) is 0. The van der Waals surface area contributed by atoms with E-state index in [0.717, 1.165) is 17.2 Å². The van der Waals surface area contributed by atoms with E-state index in [0.29, 0.717) is 0 Å². The molecule has 1 saturated carbocycles. The van der Waals surface area contributed by atoms with E-state index in [1.165, 1.54) is 30.4 Å². The van der Waals surface area contributed by atoms with Crippen LogP contribution in [0, 0.1) is 12.8 Å². The molecule has 0 radical (unpaired) electrons. The largest absolute Gasteiger partial charge is 0.0921 e. The lowest BCUT2D eigenvalue weighted by Gasteiger charge is -2.33. The second-order valence-corrected chi connectivity index (χ2v) is 5.01.